The van der Waals surface area contributed by atoms with Gasteiger partial charge in [0.05, 0.1) is 25.9 Å². The van der Waals surface area contributed by atoms with Gasteiger partial charge in [-0.05, 0) is 43.0 Å². The Bertz CT molecular complexity index is 869. The van der Waals surface area contributed by atoms with Crippen LogP contribution in [0.25, 0.3) is 0 Å². The van der Waals surface area contributed by atoms with E-state index in [9.17, 15) is 4.39 Å². The number of rotatable bonds is 6. The number of halogens is 1. The summed E-state index contributed by atoms with van der Waals surface area (Å²) in [6.45, 7) is 3.23. The van der Waals surface area contributed by atoms with Crippen LogP contribution < -0.4 is 20.1 Å². The number of ether oxygens (including phenoxy) is 3. The van der Waals surface area contributed by atoms with Gasteiger partial charge in [0.2, 0.25) is 0 Å². The van der Waals surface area contributed by atoms with Crippen LogP contribution in [0.1, 0.15) is 24.8 Å². The second-order valence-electron chi connectivity index (χ2n) is 7.43. The third-order valence-corrected chi connectivity index (χ3v) is 5.13. The Kier molecular flexibility index (Phi) is 7.03. The maximum absolute atomic E-state index is 13.9. The summed E-state index contributed by atoms with van der Waals surface area (Å²) in [5.74, 6) is 1.93. The number of hydrogen-bond donors (Lipinski definition) is 2. The van der Waals surface area contributed by atoms with E-state index in [1.165, 1.54) is 6.07 Å². The summed E-state index contributed by atoms with van der Waals surface area (Å²) in [7, 11) is 0. The molecule has 2 aromatic rings. The lowest BCUT2D eigenvalue weighted by atomic mass is 10.1. The molecule has 2 aliphatic rings. The molecule has 2 N–H and O–H groups in total. The molecule has 0 saturated carbocycles. The first kappa shape index (κ1) is 20.5. The van der Waals surface area contributed by atoms with Crippen LogP contribution in [0.15, 0.2) is 47.5 Å². The number of hydrogen-bond acceptors (Lipinski definition) is 4. The Morgan fingerprint density at radius 2 is 1.90 bits per heavy atom. The van der Waals surface area contributed by atoms with E-state index < -0.39 is 0 Å². The van der Waals surface area contributed by atoms with Gasteiger partial charge in [-0.25, -0.2) is 4.39 Å². The summed E-state index contributed by atoms with van der Waals surface area (Å²) < 4.78 is 31.0. The number of fused-ring (bicyclic) bond motifs is 1. The topological polar surface area (TPSA) is 64.1 Å². The summed E-state index contributed by atoms with van der Waals surface area (Å²) in [5, 5.41) is 6.63. The fraction of sp³-hybridized carbons (Fsp3) is 0.435. The van der Waals surface area contributed by atoms with Crippen molar-refractivity contribution in [2.24, 2.45) is 4.99 Å². The molecule has 0 spiro atoms. The molecule has 0 radical (unpaired) electrons. The fourth-order valence-electron chi connectivity index (χ4n) is 3.52. The largest absolute Gasteiger partial charge is 0.490 e. The quantitative estimate of drug-likeness (QED) is 0.558. The van der Waals surface area contributed by atoms with Gasteiger partial charge in [0.1, 0.15) is 5.82 Å². The molecule has 4 rings (SSSR count). The Morgan fingerprint density at radius 1 is 1.03 bits per heavy atom. The molecule has 2 heterocycles. The van der Waals surface area contributed by atoms with E-state index in [0.717, 1.165) is 43.1 Å². The van der Waals surface area contributed by atoms with Crippen molar-refractivity contribution >= 4 is 11.6 Å². The highest BCUT2D eigenvalue weighted by atomic mass is 19.1. The molecule has 0 aromatic heterocycles. The van der Waals surface area contributed by atoms with Crippen molar-refractivity contribution in [2.45, 2.75) is 31.8 Å². The molecule has 1 fully saturated rings. The van der Waals surface area contributed by atoms with E-state index >= 15 is 0 Å². The molecule has 1 atom stereocenters. The Morgan fingerprint density at radius 3 is 2.73 bits per heavy atom. The molecule has 160 valence electrons. The van der Waals surface area contributed by atoms with E-state index in [-0.39, 0.29) is 11.9 Å². The zero-order valence-corrected chi connectivity index (χ0v) is 17.0. The first-order valence-corrected chi connectivity index (χ1v) is 10.6. The van der Waals surface area contributed by atoms with Gasteiger partial charge in [0.15, 0.2) is 17.5 Å². The lowest BCUT2D eigenvalue weighted by molar-refractivity contribution is 0.118. The van der Waals surface area contributed by atoms with Gasteiger partial charge in [-0.1, -0.05) is 18.2 Å². The van der Waals surface area contributed by atoms with Crippen LogP contribution in [0.4, 0.5) is 10.1 Å². The van der Waals surface area contributed by atoms with Crippen molar-refractivity contribution in [1.29, 1.82) is 0 Å². The second-order valence-corrected chi connectivity index (χ2v) is 7.43. The summed E-state index contributed by atoms with van der Waals surface area (Å²) in [4.78, 5) is 4.69. The number of nitrogens with zero attached hydrogens (tertiary/aromatic N) is 1. The third kappa shape index (κ3) is 5.63. The van der Waals surface area contributed by atoms with Crippen molar-refractivity contribution in [3.63, 3.8) is 0 Å². The van der Waals surface area contributed by atoms with E-state index in [1.807, 2.05) is 24.3 Å². The highest BCUT2D eigenvalue weighted by Crippen LogP contribution is 2.32. The van der Waals surface area contributed by atoms with Gasteiger partial charge in [-0.2, -0.15) is 0 Å². The predicted octanol–water partition coefficient (Wildman–Crippen LogP) is 3.77. The SMILES string of the molecule is Fc1ccccc1CCNC(=NCC1CCCO1)Nc1ccc2c(c1)OCCCO2. The Hall–Kier alpha value is -2.80. The molecule has 1 saturated heterocycles. The summed E-state index contributed by atoms with van der Waals surface area (Å²) >= 11 is 0. The fourth-order valence-corrected chi connectivity index (χ4v) is 3.52. The van der Waals surface area contributed by atoms with Crippen LogP contribution in [0.5, 0.6) is 11.5 Å². The first-order chi connectivity index (χ1) is 14.8. The number of anilines is 1. The molecule has 2 aromatic carbocycles. The average Bonchev–Trinajstić information content (AvgIpc) is 3.17. The van der Waals surface area contributed by atoms with Crippen molar-refractivity contribution in [1.82, 2.24) is 5.32 Å². The van der Waals surface area contributed by atoms with E-state index in [0.29, 0.717) is 44.2 Å². The zero-order valence-electron chi connectivity index (χ0n) is 17.0. The van der Waals surface area contributed by atoms with Crippen LogP contribution in [-0.4, -0.2) is 45.0 Å². The molecule has 0 amide bonds. The molecule has 6 nitrogen and oxygen atoms in total. The Labute approximate surface area is 176 Å². The smallest absolute Gasteiger partial charge is 0.195 e. The van der Waals surface area contributed by atoms with Gasteiger partial charge in [0, 0.05) is 31.3 Å². The van der Waals surface area contributed by atoms with Crippen LogP contribution in [-0.2, 0) is 11.2 Å². The molecule has 2 aliphatic heterocycles. The highest BCUT2D eigenvalue weighted by molar-refractivity contribution is 5.94. The van der Waals surface area contributed by atoms with Gasteiger partial charge in [-0.3, -0.25) is 4.99 Å². The predicted molar refractivity (Wildman–Crippen MR) is 115 cm³/mol. The van der Waals surface area contributed by atoms with E-state index in [2.05, 4.69) is 15.6 Å². The van der Waals surface area contributed by atoms with Crippen LogP contribution in [0, 0.1) is 5.82 Å². The van der Waals surface area contributed by atoms with Gasteiger partial charge < -0.3 is 24.8 Å². The minimum Gasteiger partial charge on any atom is -0.490 e. The third-order valence-electron chi connectivity index (χ3n) is 5.13. The molecular weight excluding hydrogens is 385 g/mol. The van der Waals surface area contributed by atoms with Crippen LogP contribution in [0.3, 0.4) is 0 Å². The average molecular weight is 413 g/mol. The van der Waals surface area contributed by atoms with Crippen molar-refractivity contribution < 1.29 is 18.6 Å². The monoisotopic (exact) mass is 413 g/mol. The molecule has 0 bridgehead atoms. The Balaban J connectivity index is 1.42. The van der Waals surface area contributed by atoms with Crippen LogP contribution in [0.2, 0.25) is 0 Å². The van der Waals surface area contributed by atoms with Gasteiger partial charge in [0.25, 0.3) is 0 Å². The minimum absolute atomic E-state index is 0.152. The number of nitrogens with one attached hydrogen (secondary N) is 2. The normalized spacial score (nSPS) is 18.7. The van der Waals surface area contributed by atoms with E-state index in [4.69, 9.17) is 14.2 Å². The number of aliphatic imine (C=N–C) groups is 1. The number of guanidine groups is 1. The van der Waals surface area contributed by atoms with E-state index in [1.54, 1.807) is 12.1 Å². The molecule has 7 heteroatoms. The summed E-state index contributed by atoms with van der Waals surface area (Å²) in [5.41, 5.74) is 1.53. The molecule has 1 unspecified atom stereocenters. The van der Waals surface area contributed by atoms with Crippen molar-refractivity contribution in [3.8, 4) is 11.5 Å². The standard InChI is InChI=1S/C23H28FN3O3/c24-20-7-2-1-5-17(20)10-11-25-23(26-16-19-6-3-12-28-19)27-18-8-9-21-22(15-18)30-14-4-13-29-21/h1-2,5,7-9,15,19H,3-4,6,10-14,16H2,(H2,25,26,27). The molecular formula is C23H28FN3O3. The minimum atomic E-state index is -0.187. The summed E-state index contributed by atoms with van der Waals surface area (Å²) in [6, 6.07) is 12.6. The van der Waals surface area contributed by atoms with Crippen molar-refractivity contribution in [3.05, 3.63) is 53.8 Å². The lowest BCUT2D eigenvalue weighted by Gasteiger charge is -2.15. The maximum atomic E-state index is 13.9. The molecule has 0 aliphatic carbocycles. The first-order valence-electron chi connectivity index (χ1n) is 10.6. The zero-order chi connectivity index (χ0) is 20.6. The molecule has 30 heavy (non-hydrogen) atoms. The maximum Gasteiger partial charge on any atom is 0.195 e. The van der Waals surface area contributed by atoms with Gasteiger partial charge >= 0.3 is 0 Å². The van der Waals surface area contributed by atoms with Crippen molar-refractivity contribution in [2.75, 3.05) is 38.2 Å². The summed E-state index contributed by atoms with van der Waals surface area (Å²) in [6.07, 6.45) is 3.68. The van der Waals surface area contributed by atoms with Gasteiger partial charge in [-0.15, -0.1) is 0 Å². The highest BCUT2D eigenvalue weighted by Gasteiger charge is 2.16. The number of benzene rings is 2. The van der Waals surface area contributed by atoms with Crippen LogP contribution >= 0.6 is 0 Å². The second kappa shape index (κ2) is 10.3. The lowest BCUT2D eigenvalue weighted by Crippen LogP contribution is -2.33.